The highest BCUT2D eigenvalue weighted by molar-refractivity contribution is 5.82. The fourth-order valence-electron chi connectivity index (χ4n) is 3.81. The number of piperidine rings is 1. The molecule has 3 rings (SSSR count). The minimum Gasteiger partial charge on any atom is -0.325 e. The van der Waals surface area contributed by atoms with E-state index in [0.29, 0.717) is 19.0 Å². The van der Waals surface area contributed by atoms with Crippen LogP contribution in [0.25, 0.3) is 0 Å². The average molecular weight is 326 g/mol. The molecule has 128 valence electrons. The summed E-state index contributed by atoms with van der Waals surface area (Å²) in [7, 11) is 0. The normalized spacial score (nSPS) is 22.0. The second-order valence-corrected chi connectivity index (χ2v) is 6.90. The summed E-state index contributed by atoms with van der Waals surface area (Å²) >= 11 is 0. The van der Waals surface area contributed by atoms with E-state index >= 15 is 0 Å². The van der Waals surface area contributed by atoms with Crippen molar-refractivity contribution in [2.45, 2.75) is 56.7 Å². The molecule has 1 amide bonds. The van der Waals surface area contributed by atoms with E-state index in [2.05, 4.69) is 35.7 Å². The van der Waals surface area contributed by atoms with Crippen molar-refractivity contribution < 1.29 is 4.79 Å². The lowest BCUT2D eigenvalue weighted by Crippen LogP contribution is -2.51. The summed E-state index contributed by atoms with van der Waals surface area (Å²) in [6, 6.07) is 10.4. The Hall–Kier alpha value is -1.90. The summed E-state index contributed by atoms with van der Waals surface area (Å²) < 4.78 is 0. The number of likely N-dealkylation sites (tertiary alicyclic amines) is 1. The zero-order valence-electron chi connectivity index (χ0n) is 14.1. The molecule has 0 aromatic heterocycles. The summed E-state index contributed by atoms with van der Waals surface area (Å²) in [5, 5.41) is 12.7. The number of benzene rings is 1. The van der Waals surface area contributed by atoms with Crippen molar-refractivity contribution >= 4 is 5.91 Å². The van der Waals surface area contributed by atoms with Crippen molar-refractivity contribution in [3.8, 4) is 6.07 Å². The lowest BCUT2D eigenvalue weighted by molar-refractivity contribution is -0.135. The first-order valence-electron chi connectivity index (χ1n) is 8.95. The highest BCUT2D eigenvalue weighted by atomic mass is 16.2. The Morgan fingerprint density at radius 2 is 2.04 bits per heavy atom. The molecular formula is C19H26N4O. The number of hydrogen-bond acceptors (Lipinski definition) is 4. The van der Waals surface area contributed by atoms with Crippen molar-refractivity contribution in [1.82, 2.24) is 10.2 Å². The molecule has 5 heteroatoms. The summed E-state index contributed by atoms with van der Waals surface area (Å²) in [6.07, 6.45) is 5.45. The Bertz CT molecular complexity index is 599. The molecule has 1 aromatic carbocycles. The maximum Gasteiger partial charge on any atom is 0.240 e. The monoisotopic (exact) mass is 326 g/mol. The molecule has 0 spiro atoms. The second kappa shape index (κ2) is 7.78. The van der Waals surface area contributed by atoms with E-state index in [1.807, 2.05) is 0 Å². The third kappa shape index (κ3) is 3.77. The number of amides is 1. The van der Waals surface area contributed by atoms with E-state index in [0.717, 1.165) is 38.6 Å². The van der Waals surface area contributed by atoms with Crippen LogP contribution in [0.5, 0.6) is 0 Å². The van der Waals surface area contributed by atoms with Gasteiger partial charge in [-0.25, -0.2) is 0 Å². The van der Waals surface area contributed by atoms with Gasteiger partial charge in [0.25, 0.3) is 0 Å². The number of nitrogens with one attached hydrogen (secondary N) is 1. The molecule has 0 saturated carbocycles. The number of carbonyl (C=O) groups excluding carboxylic acids is 1. The van der Waals surface area contributed by atoms with Gasteiger partial charge < -0.3 is 16.0 Å². The fraction of sp³-hybridized carbons (Fsp3) is 0.579. The van der Waals surface area contributed by atoms with Crippen molar-refractivity contribution in [3.05, 3.63) is 35.4 Å². The minimum absolute atomic E-state index is 0.0715. The Morgan fingerprint density at radius 1 is 1.33 bits per heavy atom. The Labute approximate surface area is 143 Å². The van der Waals surface area contributed by atoms with E-state index in [1.54, 1.807) is 4.90 Å². The van der Waals surface area contributed by atoms with E-state index in [4.69, 9.17) is 5.73 Å². The Balaban J connectivity index is 1.44. The van der Waals surface area contributed by atoms with Gasteiger partial charge in [0.05, 0.1) is 12.1 Å². The molecule has 24 heavy (non-hydrogen) atoms. The standard InChI is InChI=1S/C19H26N4O/c20-13-17-7-3-4-10-23(17)19(24)18(21)8-9-22-16-11-14-5-1-2-6-15(14)12-16/h1-2,5-6,16-18,22H,3-4,7-12,21H2. The lowest BCUT2D eigenvalue weighted by atomic mass is 10.0. The van der Waals surface area contributed by atoms with Crippen molar-refractivity contribution in [2.24, 2.45) is 5.73 Å². The number of hydrogen-bond donors (Lipinski definition) is 2. The zero-order valence-corrected chi connectivity index (χ0v) is 14.1. The number of nitrogens with zero attached hydrogens (tertiary/aromatic N) is 2. The molecule has 1 aliphatic heterocycles. The first-order chi connectivity index (χ1) is 11.7. The highest BCUT2D eigenvalue weighted by Crippen LogP contribution is 2.21. The Morgan fingerprint density at radius 3 is 2.71 bits per heavy atom. The first kappa shape index (κ1) is 16.9. The summed E-state index contributed by atoms with van der Waals surface area (Å²) in [4.78, 5) is 14.2. The molecule has 1 fully saturated rings. The van der Waals surface area contributed by atoms with Crippen LogP contribution in [0.1, 0.15) is 36.8 Å². The van der Waals surface area contributed by atoms with Crippen LogP contribution in [0.15, 0.2) is 24.3 Å². The van der Waals surface area contributed by atoms with E-state index in [9.17, 15) is 10.1 Å². The molecule has 0 bridgehead atoms. The SMILES string of the molecule is N#CC1CCCCN1C(=O)C(N)CCNC1Cc2ccccc2C1. The van der Waals surface area contributed by atoms with Gasteiger partial charge in [-0.2, -0.15) is 5.26 Å². The Kier molecular flexibility index (Phi) is 5.49. The number of carbonyl (C=O) groups is 1. The topological polar surface area (TPSA) is 82.2 Å². The van der Waals surface area contributed by atoms with Gasteiger partial charge in [0, 0.05) is 12.6 Å². The minimum atomic E-state index is -0.518. The third-order valence-corrected chi connectivity index (χ3v) is 5.19. The lowest BCUT2D eigenvalue weighted by Gasteiger charge is -2.33. The molecular weight excluding hydrogens is 300 g/mol. The zero-order chi connectivity index (χ0) is 16.9. The van der Waals surface area contributed by atoms with Gasteiger partial charge >= 0.3 is 0 Å². The van der Waals surface area contributed by atoms with Gasteiger partial charge in [-0.3, -0.25) is 4.79 Å². The van der Waals surface area contributed by atoms with Crippen LogP contribution < -0.4 is 11.1 Å². The van der Waals surface area contributed by atoms with Crippen LogP contribution in [0.2, 0.25) is 0 Å². The summed E-state index contributed by atoms with van der Waals surface area (Å²) in [5.74, 6) is -0.0715. The van der Waals surface area contributed by atoms with Crippen LogP contribution >= 0.6 is 0 Å². The maximum atomic E-state index is 12.5. The van der Waals surface area contributed by atoms with Crippen LogP contribution in [0, 0.1) is 11.3 Å². The predicted molar refractivity (Wildman–Crippen MR) is 93.2 cm³/mol. The van der Waals surface area contributed by atoms with Gasteiger partial charge in [0.1, 0.15) is 6.04 Å². The van der Waals surface area contributed by atoms with Gasteiger partial charge in [0.15, 0.2) is 0 Å². The second-order valence-electron chi connectivity index (χ2n) is 6.90. The smallest absolute Gasteiger partial charge is 0.240 e. The number of nitriles is 1. The molecule has 1 aliphatic carbocycles. The predicted octanol–water partition coefficient (Wildman–Crippen LogP) is 1.37. The molecule has 2 unspecified atom stereocenters. The molecule has 2 atom stereocenters. The highest BCUT2D eigenvalue weighted by Gasteiger charge is 2.30. The molecule has 1 heterocycles. The van der Waals surface area contributed by atoms with Gasteiger partial charge in [0.2, 0.25) is 5.91 Å². The molecule has 3 N–H and O–H groups in total. The van der Waals surface area contributed by atoms with Gasteiger partial charge in [-0.05, 0) is 56.2 Å². The van der Waals surface area contributed by atoms with Crippen molar-refractivity contribution in [2.75, 3.05) is 13.1 Å². The van der Waals surface area contributed by atoms with Gasteiger partial charge in [-0.15, -0.1) is 0 Å². The fourth-order valence-corrected chi connectivity index (χ4v) is 3.81. The molecule has 0 radical (unpaired) electrons. The quantitative estimate of drug-likeness (QED) is 0.856. The molecule has 1 aromatic rings. The maximum absolute atomic E-state index is 12.5. The molecule has 5 nitrogen and oxygen atoms in total. The van der Waals surface area contributed by atoms with Crippen molar-refractivity contribution in [1.29, 1.82) is 5.26 Å². The third-order valence-electron chi connectivity index (χ3n) is 5.19. The van der Waals surface area contributed by atoms with E-state index in [-0.39, 0.29) is 11.9 Å². The molecule has 1 saturated heterocycles. The molecule has 2 aliphatic rings. The summed E-state index contributed by atoms with van der Waals surface area (Å²) in [5.41, 5.74) is 8.93. The van der Waals surface area contributed by atoms with E-state index < -0.39 is 6.04 Å². The van der Waals surface area contributed by atoms with Crippen LogP contribution in [0.3, 0.4) is 0 Å². The summed E-state index contributed by atoms with van der Waals surface area (Å²) in [6.45, 7) is 1.40. The number of rotatable bonds is 5. The number of fused-ring (bicyclic) bond motifs is 1. The van der Waals surface area contributed by atoms with Crippen LogP contribution in [-0.2, 0) is 17.6 Å². The van der Waals surface area contributed by atoms with Gasteiger partial charge in [-0.1, -0.05) is 24.3 Å². The van der Waals surface area contributed by atoms with Crippen LogP contribution in [0.4, 0.5) is 0 Å². The largest absolute Gasteiger partial charge is 0.325 e. The van der Waals surface area contributed by atoms with E-state index in [1.165, 1.54) is 11.1 Å². The number of nitrogens with two attached hydrogens (primary N) is 1. The van der Waals surface area contributed by atoms with Crippen molar-refractivity contribution in [3.63, 3.8) is 0 Å². The average Bonchev–Trinajstić information content (AvgIpc) is 3.03. The van der Waals surface area contributed by atoms with Crippen LogP contribution in [-0.4, -0.2) is 42.0 Å². The first-order valence-corrected chi connectivity index (χ1v) is 8.95.